The monoisotopic (exact) mass is 684 g/mol. The van der Waals surface area contributed by atoms with E-state index in [0.29, 0.717) is 4.90 Å². The van der Waals surface area contributed by atoms with E-state index in [1.54, 1.807) is 0 Å². The Morgan fingerprint density at radius 3 is 1.57 bits per heavy atom. The SMILES string of the molecule is [2H]c1c([2H])c([2H])c(-c2c([2H])c([2H])c(N(c3c([2H])c([2H])c(-c4c([2H])c([2H])c([2H])c([2H])c4[2H])c([2H])c3[2H])c3c([2H])c([2H])c([2H])c4c3oc3c([2H])c([2H])c5c(c6c([2H])c([2H])c([2H])c([2H])c6n5-c5c([2H])c([2H])c([2H])c([2H])c5[2H])c34)c([2H])c2[2H])c([2H])c1[2H]. The Hall–Kier alpha value is -6.84. The van der Waals surface area contributed by atoms with Crippen molar-refractivity contribution in [3.63, 3.8) is 0 Å². The van der Waals surface area contributed by atoms with E-state index in [1.165, 1.54) is 0 Å². The minimum atomic E-state index is -1.28. The predicted molar refractivity (Wildman–Crippen MR) is 214 cm³/mol. The molecule has 0 radical (unpaired) electrons. The van der Waals surface area contributed by atoms with Crippen molar-refractivity contribution in [3.05, 3.63) is 193 Å². The number of rotatable bonds is 6. The Morgan fingerprint density at radius 1 is 0.412 bits per heavy atom. The first-order valence-corrected chi connectivity index (χ1v) is 14.7. The number of fused-ring (bicyclic) bond motifs is 7. The molecular formula is C48H32N2O. The van der Waals surface area contributed by atoms with Gasteiger partial charge in [-0.3, -0.25) is 0 Å². The molecule has 0 amide bonds. The van der Waals surface area contributed by atoms with Crippen LogP contribution in [0, 0.1) is 0 Å². The third-order valence-corrected chi connectivity index (χ3v) is 7.74. The van der Waals surface area contributed by atoms with Crippen molar-refractivity contribution >= 4 is 60.8 Å². The van der Waals surface area contributed by atoms with Gasteiger partial charge in [0.1, 0.15) is 5.58 Å². The second kappa shape index (κ2) is 11.9. The lowest BCUT2D eigenvalue weighted by Gasteiger charge is -2.26. The Balaban J connectivity index is 1.47. The normalized spacial score (nSPS) is 20.3. The Labute approximate surface area is 340 Å². The van der Waals surface area contributed by atoms with Gasteiger partial charge in [0.05, 0.1) is 60.6 Å². The molecule has 0 aliphatic carbocycles. The fraction of sp³-hybridized carbons (Fsp3) is 0. The Morgan fingerprint density at radius 2 is 0.941 bits per heavy atom. The summed E-state index contributed by atoms with van der Waals surface area (Å²) in [5, 5.41) is -2.45. The minimum Gasteiger partial charge on any atom is -0.454 e. The van der Waals surface area contributed by atoms with Gasteiger partial charge in [0.15, 0.2) is 5.58 Å². The lowest BCUT2D eigenvalue weighted by atomic mass is 10.0. The van der Waals surface area contributed by atoms with E-state index in [0.717, 1.165) is 4.57 Å². The first kappa shape index (κ1) is 11.3. The van der Waals surface area contributed by atoms with Crippen LogP contribution in [0.1, 0.15) is 43.9 Å². The number of aromatic nitrogens is 1. The summed E-state index contributed by atoms with van der Waals surface area (Å²) in [4.78, 5) is 0.369. The van der Waals surface area contributed by atoms with Crippen LogP contribution in [-0.2, 0) is 0 Å². The maximum Gasteiger partial charge on any atom is 0.159 e. The molecule has 51 heavy (non-hydrogen) atoms. The summed E-state index contributed by atoms with van der Waals surface area (Å²) < 4.78 is 293. The fourth-order valence-corrected chi connectivity index (χ4v) is 5.63. The molecule has 3 nitrogen and oxygen atoms in total. The van der Waals surface area contributed by atoms with Crippen LogP contribution in [-0.4, -0.2) is 4.57 Å². The van der Waals surface area contributed by atoms with E-state index in [4.69, 9.17) is 29.1 Å². The van der Waals surface area contributed by atoms with Gasteiger partial charge in [-0.2, -0.15) is 0 Å². The average molecular weight is 685 g/mol. The smallest absolute Gasteiger partial charge is 0.159 e. The molecule has 2 heterocycles. The van der Waals surface area contributed by atoms with Gasteiger partial charge in [0.25, 0.3) is 0 Å². The number of benzene rings is 8. The highest BCUT2D eigenvalue weighted by Crippen LogP contribution is 2.46. The van der Waals surface area contributed by atoms with Crippen LogP contribution >= 0.6 is 0 Å². The number of hydrogen-bond acceptors (Lipinski definition) is 2. The molecule has 0 aliphatic heterocycles. The molecule has 0 aliphatic rings. The van der Waals surface area contributed by atoms with Crippen LogP contribution in [0.4, 0.5) is 17.1 Å². The molecule has 0 atom stereocenters. The molecule has 3 heteroatoms. The maximum absolute atomic E-state index is 9.60. The molecule has 8 aromatic carbocycles. The highest BCUT2D eigenvalue weighted by Gasteiger charge is 2.23. The molecule has 10 aromatic rings. The van der Waals surface area contributed by atoms with Crippen molar-refractivity contribution in [1.29, 1.82) is 0 Å². The van der Waals surface area contributed by atoms with E-state index < -0.39 is 282 Å². The number of furan rings is 1. The maximum atomic E-state index is 9.60. The third kappa shape index (κ3) is 4.82. The predicted octanol–water partition coefficient (Wildman–Crippen LogP) is 13.5. The van der Waals surface area contributed by atoms with Crippen molar-refractivity contribution in [2.24, 2.45) is 0 Å². The topological polar surface area (TPSA) is 21.3 Å². The van der Waals surface area contributed by atoms with E-state index >= 15 is 0 Å². The van der Waals surface area contributed by atoms with Crippen molar-refractivity contribution < 1.29 is 48.3 Å². The summed E-state index contributed by atoms with van der Waals surface area (Å²) >= 11 is 0. The molecule has 240 valence electrons. The highest BCUT2D eigenvalue weighted by atomic mass is 16.3. The molecule has 0 unspecified atom stereocenters. The van der Waals surface area contributed by atoms with E-state index in [-0.39, 0.29) is 0 Å². The van der Waals surface area contributed by atoms with E-state index in [9.17, 15) is 19.2 Å². The first-order valence-electron chi connectivity index (χ1n) is 30.7. The largest absolute Gasteiger partial charge is 0.454 e. The standard InChI is InChI=1S/C48H32N2O/c1-4-13-33(14-5-1)35-23-27-38(28-24-35)49(39-29-25-36(26-30-39)34-15-6-2-7-16-34)44-22-12-20-41-47-45(51-48(41)44)32-31-43-46(47)40-19-10-11-21-42(40)50(43)37-17-8-3-9-18-37/h1-32H/i1D,2D,3D,4D,5D,6D,7D,8D,9D,10D,11D,12D,13D,14D,15D,16D,17D,18D,19D,20D,21D,22D,23D,24D,25D,26D,27D,28D,29D,30D,31D,32D. The van der Waals surface area contributed by atoms with Gasteiger partial charge < -0.3 is 13.9 Å². The van der Waals surface area contributed by atoms with Gasteiger partial charge in [0, 0.05) is 38.6 Å². The molecule has 0 spiro atoms. The summed E-state index contributed by atoms with van der Waals surface area (Å²) in [6, 6.07) is -33.2. The first-order chi connectivity index (χ1) is 38.6. The number of nitrogens with zero attached hydrogens (tertiary/aromatic N) is 2. The Kier molecular flexibility index (Phi) is 2.66. The quantitative estimate of drug-likeness (QED) is 0.174. The van der Waals surface area contributed by atoms with E-state index in [1.807, 2.05) is 0 Å². The zero-order valence-corrected chi connectivity index (χ0v) is 25.3. The number of hydrogen-bond donors (Lipinski definition) is 0. The van der Waals surface area contributed by atoms with Gasteiger partial charge in [0.2, 0.25) is 0 Å². The van der Waals surface area contributed by atoms with Crippen molar-refractivity contribution in [2.45, 2.75) is 0 Å². The lowest BCUT2D eigenvalue weighted by molar-refractivity contribution is 0.669. The van der Waals surface area contributed by atoms with Gasteiger partial charge in [-0.25, -0.2) is 0 Å². The molecule has 0 fully saturated rings. The molecule has 0 bridgehead atoms. The van der Waals surface area contributed by atoms with Crippen LogP contribution in [0.15, 0.2) is 198 Å². The van der Waals surface area contributed by atoms with Crippen molar-refractivity contribution in [3.8, 4) is 27.9 Å². The summed E-state index contributed by atoms with van der Waals surface area (Å²) in [7, 11) is 0. The molecular weight excluding hydrogens is 621 g/mol. The zero-order valence-electron chi connectivity index (χ0n) is 57.3. The minimum absolute atomic E-state index is 0.369. The van der Waals surface area contributed by atoms with Gasteiger partial charge in [-0.1, -0.05) is 133 Å². The summed E-state index contributed by atoms with van der Waals surface area (Å²) in [6.45, 7) is 0. The van der Waals surface area contributed by atoms with Crippen LogP contribution in [0.25, 0.3) is 71.7 Å². The summed E-state index contributed by atoms with van der Waals surface area (Å²) in [5.41, 5.74) is -10.7. The fourth-order valence-electron chi connectivity index (χ4n) is 5.63. The van der Waals surface area contributed by atoms with Gasteiger partial charge in [-0.05, 0) is 82.7 Å². The van der Waals surface area contributed by atoms with Gasteiger partial charge in [-0.15, -0.1) is 0 Å². The second-order valence-electron chi connectivity index (χ2n) is 10.5. The van der Waals surface area contributed by atoms with Crippen LogP contribution in [0.5, 0.6) is 0 Å². The number of para-hydroxylation sites is 3. The summed E-state index contributed by atoms with van der Waals surface area (Å²) in [6.07, 6.45) is 0. The van der Waals surface area contributed by atoms with Crippen molar-refractivity contribution in [2.75, 3.05) is 4.90 Å². The molecule has 0 saturated heterocycles. The number of anilines is 3. The lowest BCUT2D eigenvalue weighted by Crippen LogP contribution is -2.10. The molecule has 10 rings (SSSR count). The molecule has 2 aromatic heterocycles. The molecule has 0 N–H and O–H groups in total. The van der Waals surface area contributed by atoms with Crippen molar-refractivity contribution in [1.82, 2.24) is 4.57 Å². The summed E-state index contributed by atoms with van der Waals surface area (Å²) in [5.74, 6) is 0. The molecule has 0 saturated carbocycles. The Bertz CT molecular complexity index is 4430. The highest BCUT2D eigenvalue weighted by molar-refractivity contribution is 6.28. The zero-order chi connectivity index (χ0) is 61.6. The average Bonchev–Trinajstić information content (AvgIpc) is 1.74. The van der Waals surface area contributed by atoms with Crippen LogP contribution < -0.4 is 4.90 Å². The third-order valence-electron chi connectivity index (χ3n) is 7.74. The van der Waals surface area contributed by atoms with Gasteiger partial charge >= 0.3 is 0 Å². The van der Waals surface area contributed by atoms with E-state index in [2.05, 4.69) is 0 Å². The van der Waals surface area contributed by atoms with Crippen LogP contribution in [0.2, 0.25) is 0 Å². The van der Waals surface area contributed by atoms with Crippen LogP contribution in [0.3, 0.4) is 0 Å². The second-order valence-corrected chi connectivity index (χ2v) is 10.5.